The van der Waals surface area contributed by atoms with Gasteiger partial charge >= 0.3 is 6.18 Å². The second-order valence-electron chi connectivity index (χ2n) is 6.05. The maximum absolute atomic E-state index is 14.4. The summed E-state index contributed by atoms with van der Waals surface area (Å²) in [6, 6.07) is 13.4. The Hall–Kier alpha value is -2.93. The van der Waals surface area contributed by atoms with Crippen molar-refractivity contribution in [1.82, 2.24) is 4.98 Å². The second kappa shape index (κ2) is 9.71. The zero-order valence-corrected chi connectivity index (χ0v) is 17.0. The Kier molecular flexibility index (Phi) is 7.56. The van der Waals surface area contributed by atoms with Crippen molar-refractivity contribution >= 4 is 17.4 Å². The zero-order chi connectivity index (χ0) is 22.5. The molecule has 1 heterocycles. The van der Waals surface area contributed by atoms with Crippen molar-refractivity contribution in [2.45, 2.75) is 25.9 Å². The SMILES string of the molecule is CC.N=C(N)C(c1cccc(-c2cccc(C(F)(F)F)c2)n1)c1c(F)cccc1Cl. The van der Waals surface area contributed by atoms with E-state index in [2.05, 4.69) is 4.98 Å². The standard InChI is InChI=1S/C20H14ClF4N3.C2H6/c21-13-6-2-7-14(22)17(13)18(19(26)27)16-9-3-8-15(28-16)11-4-1-5-12(10-11)20(23,24)25;1-2/h1-10,18H,(H3,26,27);1-2H3. The fraction of sp³-hybridized carbons (Fsp3) is 0.182. The summed E-state index contributed by atoms with van der Waals surface area (Å²) in [6.07, 6.45) is -4.49. The summed E-state index contributed by atoms with van der Waals surface area (Å²) < 4.78 is 53.3. The van der Waals surface area contributed by atoms with E-state index in [4.69, 9.17) is 22.7 Å². The molecule has 0 aliphatic carbocycles. The van der Waals surface area contributed by atoms with Gasteiger partial charge < -0.3 is 5.73 Å². The van der Waals surface area contributed by atoms with Crippen LogP contribution in [0, 0.1) is 11.2 Å². The summed E-state index contributed by atoms with van der Waals surface area (Å²) in [6.45, 7) is 4.00. The quantitative estimate of drug-likeness (QED) is 0.272. The Morgan fingerprint density at radius 2 is 1.67 bits per heavy atom. The lowest BCUT2D eigenvalue weighted by atomic mass is 9.93. The second-order valence-corrected chi connectivity index (χ2v) is 6.46. The van der Waals surface area contributed by atoms with Crippen molar-refractivity contribution < 1.29 is 17.6 Å². The fourth-order valence-electron chi connectivity index (χ4n) is 2.88. The van der Waals surface area contributed by atoms with E-state index in [0.717, 1.165) is 12.1 Å². The van der Waals surface area contributed by atoms with E-state index in [9.17, 15) is 17.6 Å². The lowest BCUT2D eigenvalue weighted by Gasteiger charge is -2.18. The third-order valence-corrected chi connectivity index (χ3v) is 4.48. The van der Waals surface area contributed by atoms with Gasteiger partial charge in [-0.05, 0) is 36.4 Å². The Labute approximate surface area is 177 Å². The highest BCUT2D eigenvalue weighted by atomic mass is 35.5. The summed E-state index contributed by atoms with van der Waals surface area (Å²) in [4.78, 5) is 4.33. The Morgan fingerprint density at radius 1 is 1.03 bits per heavy atom. The monoisotopic (exact) mass is 437 g/mol. The lowest BCUT2D eigenvalue weighted by Crippen LogP contribution is -2.24. The van der Waals surface area contributed by atoms with Gasteiger partial charge in [-0.2, -0.15) is 13.2 Å². The van der Waals surface area contributed by atoms with Crippen molar-refractivity contribution in [3.8, 4) is 11.3 Å². The first kappa shape index (κ1) is 23.3. The van der Waals surface area contributed by atoms with Gasteiger partial charge in [0.25, 0.3) is 0 Å². The first-order valence-electron chi connectivity index (χ1n) is 9.11. The molecule has 158 valence electrons. The summed E-state index contributed by atoms with van der Waals surface area (Å²) in [5.41, 5.74) is 5.54. The number of benzene rings is 2. The minimum Gasteiger partial charge on any atom is -0.387 e. The van der Waals surface area contributed by atoms with Crippen molar-refractivity contribution in [3.05, 3.63) is 88.3 Å². The fourth-order valence-corrected chi connectivity index (χ4v) is 3.15. The van der Waals surface area contributed by atoms with Crippen LogP contribution in [-0.4, -0.2) is 10.8 Å². The van der Waals surface area contributed by atoms with Gasteiger partial charge in [0, 0.05) is 16.1 Å². The van der Waals surface area contributed by atoms with Crippen LogP contribution in [0.4, 0.5) is 17.6 Å². The molecule has 0 aliphatic heterocycles. The van der Waals surface area contributed by atoms with E-state index in [0.29, 0.717) is 0 Å². The van der Waals surface area contributed by atoms with Gasteiger partial charge in [0.15, 0.2) is 0 Å². The van der Waals surface area contributed by atoms with Gasteiger partial charge in [0.2, 0.25) is 0 Å². The molecule has 0 radical (unpaired) electrons. The summed E-state index contributed by atoms with van der Waals surface area (Å²) in [5.74, 6) is -2.11. The largest absolute Gasteiger partial charge is 0.416 e. The summed E-state index contributed by atoms with van der Waals surface area (Å²) in [7, 11) is 0. The Morgan fingerprint density at radius 3 is 2.27 bits per heavy atom. The van der Waals surface area contributed by atoms with Crippen LogP contribution in [0.5, 0.6) is 0 Å². The van der Waals surface area contributed by atoms with Crippen LogP contribution in [-0.2, 0) is 6.18 Å². The van der Waals surface area contributed by atoms with E-state index < -0.39 is 23.5 Å². The minimum absolute atomic E-state index is 0.00893. The number of alkyl halides is 3. The molecule has 0 saturated heterocycles. The number of amidine groups is 1. The molecule has 8 heteroatoms. The van der Waals surface area contributed by atoms with Gasteiger partial charge in [0.05, 0.1) is 22.9 Å². The van der Waals surface area contributed by atoms with Gasteiger partial charge in [-0.15, -0.1) is 0 Å². The first-order valence-corrected chi connectivity index (χ1v) is 9.48. The molecule has 2 aromatic carbocycles. The minimum atomic E-state index is -4.49. The molecule has 0 spiro atoms. The molecular weight excluding hydrogens is 418 g/mol. The van der Waals surface area contributed by atoms with Crippen LogP contribution in [0.3, 0.4) is 0 Å². The van der Waals surface area contributed by atoms with Gasteiger partial charge in [-0.3, -0.25) is 10.4 Å². The number of aromatic nitrogens is 1. The molecule has 3 rings (SSSR count). The number of hydrogen-bond donors (Lipinski definition) is 2. The highest BCUT2D eigenvalue weighted by Crippen LogP contribution is 2.34. The van der Waals surface area contributed by atoms with Gasteiger partial charge in [0.1, 0.15) is 11.7 Å². The number of halogens is 5. The average Bonchev–Trinajstić information content (AvgIpc) is 2.71. The molecule has 0 saturated carbocycles. The van der Waals surface area contributed by atoms with Crippen LogP contribution < -0.4 is 5.73 Å². The molecule has 1 unspecified atom stereocenters. The van der Waals surface area contributed by atoms with Crippen molar-refractivity contribution in [1.29, 1.82) is 5.41 Å². The average molecular weight is 438 g/mol. The number of hydrogen-bond acceptors (Lipinski definition) is 2. The molecular formula is C22H20ClF4N3. The number of nitrogens with one attached hydrogen (secondary N) is 1. The van der Waals surface area contributed by atoms with Crippen LogP contribution in [0.25, 0.3) is 11.3 Å². The van der Waals surface area contributed by atoms with Crippen LogP contribution in [0.15, 0.2) is 60.7 Å². The topological polar surface area (TPSA) is 62.8 Å². The summed E-state index contributed by atoms with van der Waals surface area (Å²) >= 11 is 6.10. The van der Waals surface area contributed by atoms with Crippen LogP contribution >= 0.6 is 11.6 Å². The summed E-state index contributed by atoms with van der Waals surface area (Å²) in [5, 5.41) is 7.95. The maximum Gasteiger partial charge on any atom is 0.416 e. The number of nitrogens with zero attached hydrogens (tertiary/aromatic N) is 1. The van der Waals surface area contributed by atoms with E-state index in [1.54, 1.807) is 6.07 Å². The normalized spacial score (nSPS) is 12.0. The molecule has 3 N–H and O–H groups in total. The lowest BCUT2D eigenvalue weighted by molar-refractivity contribution is -0.137. The molecule has 0 amide bonds. The van der Waals surface area contributed by atoms with Crippen LogP contribution in [0.2, 0.25) is 5.02 Å². The van der Waals surface area contributed by atoms with Crippen molar-refractivity contribution in [3.63, 3.8) is 0 Å². The van der Waals surface area contributed by atoms with Gasteiger partial charge in [-0.1, -0.05) is 49.7 Å². The molecule has 30 heavy (non-hydrogen) atoms. The van der Waals surface area contributed by atoms with E-state index in [1.165, 1.54) is 42.5 Å². The van der Waals surface area contributed by atoms with Gasteiger partial charge in [-0.25, -0.2) is 4.39 Å². The highest BCUT2D eigenvalue weighted by Gasteiger charge is 2.31. The van der Waals surface area contributed by atoms with E-state index >= 15 is 0 Å². The zero-order valence-electron chi connectivity index (χ0n) is 16.3. The predicted molar refractivity (Wildman–Crippen MR) is 111 cm³/mol. The third kappa shape index (κ3) is 5.16. The predicted octanol–water partition coefficient (Wildman–Crippen LogP) is 6.65. The molecule has 3 nitrogen and oxygen atoms in total. The Bertz CT molecular complexity index is 1010. The van der Waals surface area contributed by atoms with Crippen molar-refractivity contribution in [2.75, 3.05) is 0 Å². The van der Waals surface area contributed by atoms with Crippen molar-refractivity contribution in [2.24, 2.45) is 5.73 Å². The molecule has 1 aromatic heterocycles. The Balaban J connectivity index is 0.00000155. The molecule has 0 aliphatic rings. The molecule has 0 bridgehead atoms. The smallest absolute Gasteiger partial charge is 0.387 e. The number of nitrogens with two attached hydrogens (primary N) is 1. The van der Waals surface area contributed by atoms with E-state index in [-0.39, 0.29) is 33.4 Å². The first-order chi connectivity index (χ1) is 14.2. The number of rotatable bonds is 4. The van der Waals surface area contributed by atoms with E-state index in [1.807, 2.05) is 13.8 Å². The highest BCUT2D eigenvalue weighted by molar-refractivity contribution is 6.31. The molecule has 0 fully saturated rings. The number of pyridine rings is 1. The third-order valence-electron chi connectivity index (χ3n) is 4.15. The maximum atomic E-state index is 14.4. The molecule has 1 atom stereocenters. The molecule has 3 aromatic rings. The van der Waals surface area contributed by atoms with Crippen LogP contribution in [0.1, 0.15) is 36.6 Å².